The number of hydrogen-bond donors (Lipinski definition) is 2. The summed E-state index contributed by atoms with van der Waals surface area (Å²) in [5.74, 6) is 0.725. The molecule has 1 fully saturated rings. The van der Waals surface area contributed by atoms with Crippen molar-refractivity contribution < 1.29 is 9.18 Å². The van der Waals surface area contributed by atoms with Crippen molar-refractivity contribution in [3.05, 3.63) is 48.4 Å². The monoisotopic (exact) mass is 424 g/mol. The predicted molar refractivity (Wildman–Crippen MR) is 119 cm³/mol. The van der Waals surface area contributed by atoms with Crippen LogP contribution in [-0.4, -0.2) is 27.1 Å². The van der Waals surface area contributed by atoms with Crippen LogP contribution in [0.25, 0.3) is 22.5 Å². The first kappa shape index (κ1) is 20.6. The number of carbonyl (C=O) groups is 1. The Morgan fingerprint density at radius 2 is 1.93 bits per heavy atom. The number of thioether (sulfide) groups is 1. The first-order valence-corrected chi connectivity index (χ1v) is 11.5. The lowest BCUT2D eigenvalue weighted by Crippen LogP contribution is -2.18. The average Bonchev–Trinajstić information content (AvgIpc) is 3.20. The second kappa shape index (κ2) is 9.43. The lowest BCUT2D eigenvalue weighted by atomic mass is 9.87. The van der Waals surface area contributed by atoms with Crippen molar-refractivity contribution in [2.24, 2.45) is 5.92 Å². The van der Waals surface area contributed by atoms with Crippen LogP contribution in [0.3, 0.4) is 0 Å². The van der Waals surface area contributed by atoms with E-state index in [1.54, 1.807) is 18.3 Å². The van der Waals surface area contributed by atoms with Gasteiger partial charge < -0.3 is 10.3 Å². The van der Waals surface area contributed by atoms with Crippen molar-refractivity contribution in [3.63, 3.8) is 0 Å². The SMILES string of the molecule is CSc1nc(-c2ccnc(NC(=O)CC3CCCCC3)c2)c(-c2ccc(F)cc2)[nH]1. The molecule has 30 heavy (non-hydrogen) atoms. The van der Waals surface area contributed by atoms with Crippen LogP contribution in [0.2, 0.25) is 0 Å². The fourth-order valence-corrected chi connectivity index (χ4v) is 4.36. The Morgan fingerprint density at radius 1 is 1.17 bits per heavy atom. The second-order valence-electron chi connectivity index (χ2n) is 7.66. The Kier molecular flexibility index (Phi) is 6.47. The van der Waals surface area contributed by atoms with Gasteiger partial charge in [0.15, 0.2) is 5.16 Å². The van der Waals surface area contributed by atoms with E-state index in [2.05, 4.69) is 20.3 Å². The number of anilines is 1. The summed E-state index contributed by atoms with van der Waals surface area (Å²) in [7, 11) is 0. The average molecular weight is 425 g/mol. The zero-order chi connectivity index (χ0) is 20.9. The number of aromatic nitrogens is 3. The molecule has 0 bridgehead atoms. The molecular formula is C23H25FN4OS. The molecule has 1 amide bonds. The number of H-pyrrole nitrogens is 1. The number of imidazole rings is 1. The lowest BCUT2D eigenvalue weighted by Gasteiger charge is -2.20. The first-order valence-electron chi connectivity index (χ1n) is 10.3. The molecule has 5 nitrogen and oxygen atoms in total. The van der Waals surface area contributed by atoms with Gasteiger partial charge in [0.25, 0.3) is 0 Å². The first-order chi connectivity index (χ1) is 14.6. The highest BCUT2D eigenvalue weighted by Gasteiger charge is 2.18. The number of benzene rings is 1. The van der Waals surface area contributed by atoms with Crippen LogP contribution in [0.5, 0.6) is 0 Å². The van der Waals surface area contributed by atoms with Crippen molar-refractivity contribution in [2.75, 3.05) is 11.6 Å². The number of nitrogens with zero attached hydrogens (tertiary/aromatic N) is 2. The zero-order valence-electron chi connectivity index (χ0n) is 17.0. The Bertz CT molecular complexity index is 1010. The Labute approximate surface area is 179 Å². The molecule has 2 N–H and O–H groups in total. The minimum atomic E-state index is -0.281. The molecule has 2 heterocycles. The highest BCUT2D eigenvalue weighted by Crippen LogP contribution is 2.33. The van der Waals surface area contributed by atoms with Crippen LogP contribution in [0, 0.1) is 11.7 Å². The molecule has 0 unspecified atom stereocenters. The largest absolute Gasteiger partial charge is 0.332 e. The van der Waals surface area contributed by atoms with Gasteiger partial charge in [0.2, 0.25) is 5.91 Å². The van der Waals surface area contributed by atoms with E-state index in [1.807, 2.05) is 18.4 Å². The van der Waals surface area contributed by atoms with Gasteiger partial charge in [0.05, 0.1) is 11.4 Å². The summed E-state index contributed by atoms with van der Waals surface area (Å²) in [6, 6.07) is 10.0. The Hall–Kier alpha value is -2.67. The molecule has 0 spiro atoms. The molecule has 3 aromatic rings. The third-order valence-corrected chi connectivity index (χ3v) is 6.09. The van der Waals surface area contributed by atoms with E-state index in [4.69, 9.17) is 0 Å². The lowest BCUT2D eigenvalue weighted by molar-refractivity contribution is -0.117. The topological polar surface area (TPSA) is 70.7 Å². The van der Waals surface area contributed by atoms with Gasteiger partial charge >= 0.3 is 0 Å². The molecule has 0 saturated heterocycles. The van der Waals surface area contributed by atoms with Gasteiger partial charge in [-0.2, -0.15) is 0 Å². The van der Waals surface area contributed by atoms with Gasteiger partial charge in [-0.05, 0) is 61.4 Å². The fourth-order valence-electron chi connectivity index (χ4n) is 3.98. The van der Waals surface area contributed by atoms with Crippen LogP contribution in [-0.2, 0) is 4.79 Å². The number of hydrogen-bond acceptors (Lipinski definition) is 4. The fraction of sp³-hybridized carbons (Fsp3) is 0.348. The van der Waals surface area contributed by atoms with E-state index >= 15 is 0 Å². The molecule has 1 aromatic carbocycles. The molecule has 0 radical (unpaired) electrons. The van der Waals surface area contributed by atoms with Crippen LogP contribution in [0.4, 0.5) is 10.2 Å². The zero-order valence-corrected chi connectivity index (χ0v) is 17.8. The second-order valence-corrected chi connectivity index (χ2v) is 8.46. The summed E-state index contributed by atoms with van der Waals surface area (Å²) in [6.45, 7) is 0. The van der Waals surface area contributed by atoms with E-state index < -0.39 is 0 Å². The van der Waals surface area contributed by atoms with E-state index in [0.29, 0.717) is 18.2 Å². The molecule has 7 heteroatoms. The van der Waals surface area contributed by atoms with Gasteiger partial charge in [0.1, 0.15) is 11.6 Å². The van der Waals surface area contributed by atoms with Crippen molar-refractivity contribution in [1.82, 2.24) is 15.0 Å². The van der Waals surface area contributed by atoms with Gasteiger partial charge in [0, 0.05) is 23.7 Å². The van der Waals surface area contributed by atoms with E-state index in [-0.39, 0.29) is 11.7 Å². The maximum Gasteiger partial charge on any atom is 0.225 e. The van der Waals surface area contributed by atoms with Crippen LogP contribution >= 0.6 is 11.8 Å². The van der Waals surface area contributed by atoms with E-state index in [0.717, 1.165) is 40.5 Å². The summed E-state index contributed by atoms with van der Waals surface area (Å²) in [5, 5.41) is 3.71. The normalized spacial score (nSPS) is 14.6. The number of aromatic amines is 1. The number of nitrogens with one attached hydrogen (secondary N) is 2. The van der Waals surface area contributed by atoms with Crippen LogP contribution in [0.1, 0.15) is 38.5 Å². The van der Waals surface area contributed by atoms with Gasteiger partial charge in [-0.25, -0.2) is 14.4 Å². The molecule has 2 aromatic heterocycles. The van der Waals surface area contributed by atoms with E-state index in [1.165, 1.54) is 43.2 Å². The molecule has 4 rings (SSSR count). The van der Waals surface area contributed by atoms with Gasteiger partial charge in [-0.1, -0.05) is 31.0 Å². The molecule has 156 valence electrons. The summed E-state index contributed by atoms with van der Waals surface area (Å²) in [5.41, 5.74) is 3.24. The van der Waals surface area contributed by atoms with Crippen LogP contribution < -0.4 is 5.32 Å². The minimum Gasteiger partial charge on any atom is -0.332 e. The molecule has 0 atom stereocenters. The maximum absolute atomic E-state index is 13.4. The predicted octanol–water partition coefficient (Wildman–Crippen LogP) is 5.91. The summed E-state index contributed by atoms with van der Waals surface area (Å²) in [6.07, 6.45) is 10.1. The summed E-state index contributed by atoms with van der Waals surface area (Å²) >= 11 is 1.50. The van der Waals surface area contributed by atoms with Crippen molar-refractivity contribution in [3.8, 4) is 22.5 Å². The van der Waals surface area contributed by atoms with Crippen molar-refractivity contribution in [1.29, 1.82) is 0 Å². The molecular weight excluding hydrogens is 399 g/mol. The number of rotatable bonds is 6. The van der Waals surface area contributed by atoms with Crippen molar-refractivity contribution in [2.45, 2.75) is 43.7 Å². The smallest absolute Gasteiger partial charge is 0.225 e. The molecule has 1 aliphatic carbocycles. The van der Waals surface area contributed by atoms with Crippen molar-refractivity contribution >= 4 is 23.5 Å². The number of halogens is 1. The minimum absolute atomic E-state index is 0.0112. The highest BCUT2D eigenvalue weighted by molar-refractivity contribution is 7.98. The number of pyridine rings is 1. The Balaban J connectivity index is 1.56. The maximum atomic E-state index is 13.4. The Morgan fingerprint density at radius 3 is 2.67 bits per heavy atom. The molecule has 1 aliphatic rings. The number of amides is 1. The summed E-state index contributed by atoms with van der Waals surface area (Å²) < 4.78 is 13.4. The molecule has 1 saturated carbocycles. The standard InChI is InChI=1S/C23H25FN4OS/c1-30-23-27-21(16-7-9-18(24)10-8-16)22(28-23)17-11-12-25-19(14-17)26-20(29)13-15-5-3-2-4-6-15/h7-12,14-15H,2-6,13H2,1H3,(H,27,28)(H,25,26,29). The quantitative estimate of drug-likeness (QED) is 0.483. The summed E-state index contributed by atoms with van der Waals surface area (Å²) in [4.78, 5) is 24.8. The third-order valence-electron chi connectivity index (χ3n) is 5.51. The van der Waals surface area contributed by atoms with Gasteiger partial charge in [-0.15, -0.1) is 0 Å². The molecule has 0 aliphatic heterocycles. The third kappa shape index (κ3) is 4.90. The number of carbonyl (C=O) groups excluding carboxylic acids is 1. The van der Waals surface area contributed by atoms with E-state index in [9.17, 15) is 9.18 Å². The highest BCUT2D eigenvalue weighted by atomic mass is 32.2. The van der Waals surface area contributed by atoms with Gasteiger partial charge in [-0.3, -0.25) is 4.79 Å². The van der Waals surface area contributed by atoms with Crippen LogP contribution in [0.15, 0.2) is 47.8 Å².